The third kappa shape index (κ3) is 5.19. The Bertz CT molecular complexity index is 719. The minimum Gasteiger partial charge on any atom is -0.497 e. The number of amides is 1. The average Bonchev–Trinajstić information content (AvgIpc) is 2.68. The molecule has 4 heteroatoms. The van der Waals surface area contributed by atoms with Crippen LogP contribution >= 0.6 is 0 Å². The molecule has 138 valence electrons. The third-order valence-corrected chi connectivity index (χ3v) is 5.04. The molecule has 2 rings (SSSR count). The molecule has 1 amide bonds. The Labute approximate surface area is 155 Å². The first-order valence-electron chi connectivity index (χ1n) is 9.04. The molecule has 2 aromatic rings. The summed E-state index contributed by atoms with van der Waals surface area (Å²) in [6.07, 6.45) is 2.25. The Kier molecular flexibility index (Phi) is 6.96. The number of anilines is 1. The molecular weight excluding hydrogens is 326 g/mol. The fourth-order valence-corrected chi connectivity index (χ4v) is 3.10. The van der Waals surface area contributed by atoms with Crippen LogP contribution in [0.2, 0.25) is 0 Å². The number of carbonyl (C=O) groups excluding carboxylic acids is 2. The predicted molar refractivity (Wildman–Crippen MR) is 105 cm³/mol. The van der Waals surface area contributed by atoms with E-state index in [4.69, 9.17) is 4.74 Å². The molecule has 2 aromatic carbocycles. The minimum absolute atomic E-state index is 0.0697. The summed E-state index contributed by atoms with van der Waals surface area (Å²) < 4.78 is 5.13. The van der Waals surface area contributed by atoms with E-state index in [1.807, 2.05) is 56.3 Å². The first-order chi connectivity index (χ1) is 12.5. The van der Waals surface area contributed by atoms with Crippen molar-refractivity contribution in [3.8, 4) is 5.75 Å². The smallest absolute Gasteiger partial charge is 0.224 e. The summed E-state index contributed by atoms with van der Waals surface area (Å²) in [5.41, 5.74) is 1.10. The Morgan fingerprint density at radius 1 is 0.923 bits per heavy atom. The number of hydrogen-bond donors (Lipinski definition) is 1. The van der Waals surface area contributed by atoms with Crippen LogP contribution in [-0.2, 0) is 4.79 Å². The fourth-order valence-electron chi connectivity index (χ4n) is 3.10. The summed E-state index contributed by atoms with van der Waals surface area (Å²) in [6.45, 7) is 4.09. The maximum absolute atomic E-state index is 12.6. The van der Waals surface area contributed by atoms with Gasteiger partial charge in [-0.1, -0.05) is 44.2 Å². The first kappa shape index (κ1) is 19.7. The summed E-state index contributed by atoms with van der Waals surface area (Å²) in [7, 11) is 1.61. The van der Waals surface area contributed by atoms with E-state index in [-0.39, 0.29) is 17.1 Å². The van der Waals surface area contributed by atoms with Crippen molar-refractivity contribution < 1.29 is 14.3 Å². The van der Waals surface area contributed by atoms with Gasteiger partial charge in [-0.25, -0.2) is 0 Å². The Hall–Kier alpha value is -2.62. The third-order valence-electron chi connectivity index (χ3n) is 5.04. The van der Waals surface area contributed by atoms with Gasteiger partial charge in [0.2, 0.25) is 5.91 Å². The zero-order chi connectivity index (χ0) is 19.0. The summed E-state index contributed by atoms with van der Waals surface area (Å²) in [6, 6.07) is 16.5. The summed E-state index contributed by atoms with van der Waals surface area (Å²) >= 11 is 0. The van der Waals surface area contributed by atoms with Crippen molar-refractivity contribution in [2.75, 3.05) is 12.4 Å². The molecule has 0 aliphatic rings. The molecule has 4 nitrogen and oxygen atoms in total. The SMILES string of the molecule is CCC(CC)(CC(=O)Nc1ccc(OC)cc1)CC(=O)c1ccccc1. The van der Waals surface area contributed by atoms with Crippen molar-refractivity contribution in [3.63, 3.8) is 0 Å². The summed E-state index contributed by atoms with van der Waals surface area (Å²) in [5.74, 6) is 0.763. The number of benzene rings is 2. The predicted octanol–water partition coefficient (Wildman–Crippen LogP) is 5.10. The standard InChI is InChI=1S/C22H27NO3/c1-4-22(5-2,15-20(24)17-9-7-6-8-10-17)16-21(25)23-18-11-13-19(26-3)14-12-18/h6-14H,4-5,15-16H2,1-3H3,(H,23,25). The van der Waals surface area contributed by atoms with E-state index in [9.17, 15) is 9.59 Å². The average molecular weight is 353 g/mol. The van der Waals surface area contributed by atoms with E-state index in [2.05, 4.69) is 5.32 Å². The fraction of sp³-hybridized carbons (Fsp3) is 0.364. The molecule has 0 spiro atoms. The lowest BCUT2D eigenvalue weighted by atomic mass is 9.74. The molecule has 0 aliphatic heterocycles. The maximum atomic E-state index is 12.6. The lowest BCUT2D eigenvalue weighted by molar-refractivity contribution is -0.118. The molecule has 0 bridgehead atoms. The molecule has 0 saturated carbocycles. The van der Waals surface area contributed by atoms with Gasteiger partial charge in [0.25, 0.3) is 0 Å². The van der Waals surface area contributed by atoms with E-state index in [1.165, 1.54) is 0 Å². The van der Waals surface area contributed by atoms with Crippen molar-refractivity contribution in [3.05, 3.63) is 60.2 Å². The number of ether oxygens (including phenoxy) is 1. The van der Waals surface area contributed by atoms with Crippen LogP contribution in [0.25, 0.3) is 0 Å². The van der Waals surface area contributed by atoms with Crippen molar-refractivity contribution in [2.24, 2.45) is 5.41 Å². The monoisotopic (exact) mass is 353 g/mol. The summed E-state index contributed by atoms with van der Waals surface area (Å²) in [5, 5.41) is 2.92. The molecule has 0 fully saturated rings. The van der Waals surface area contributed by atoms with Gasteiger partial charge in [0.05, 0.1) is 7.11 Å². The van der Waals surface area contributed by atoms with Crippen LogP contribution in [0.5, 0.6) is 5.75 Å². The second-order valence-electron chi connectivity index (χ2n) is 6.63. The van der Waals surface area contributed by atoms with Crippen LogP contribution in [0.3, 0.4) is 0 Å². The minimum atomic E-state index is -0.330. The number of Topliss-reactive ketones (excluding diaryl/α,β-unsaturated/α-hetero) is 1. The van der Waals surface area contributed by atoms with Gasteiger partial charge < -0.3 is 10.1 Å². The Morgan fingerprint density at radius 2 is 1.54 bits per heavy atom. The zero-order valence-electron chi connectivity index (χ0n) is 15.7. The molecule has 0 aromatic heterocycles. The molecule has 0 heterocycles. The second kappa shape index (κ2) is 9.18. The van der Waals surface area contributed by atoms with Crippen molar-refractivity contribution in [1.29, 1.82) is 0 Å². The van der Waals surface area contributed by atoms with Crippen LogP contribution in [0.15, 0.2) is 54.6 Å². The van der Waals surface area contributed by atoms with Gasteiger partial charge in [0.1, 0.15) is 5.75 Å². The maximum Gasteiger partial charge on any atom is 0.224 e. The van der Waals surface area contributed by atoms with Gasteiger partial charge in [0.15, 0.2) is 5.78 Å². The number of hydrogen-bond acceptors (Lipinski definition) is 3. The second-order valence-corrected chi connectivity index (χ2v) is 6.63. The van der Waals surface area contributed by atoms with Gasteiger partial charge in [-0.05, 0) is 42.5 Å². The van der Waals surface area contributed by atoms with E-state index in [1.54, 1.807) is 19.2 Å². The van der Waals surface area contributed by atoms with Crippen LogP contribution in [0.1, 0.15) is 49.9 Å². The van der Waals surface area contributed by atoms with Gasteiger partial charge >= 0.3 is 0 Å². The molecule has 0 saturated heterocycles. The van der Waals surface area contributed by atoms with Crippen molar-refractivity contribution >= 4 is 17.4 Å². The largest absolute Gasteiger partial charge is 0.497 e. The van der Waals surface area contributed by atoms with Crippen LogP contribution in [0.4, 0.5) is 5.69 Å². The lowest BCUT2D eigenvalue weighted by Gasteiger charge is -2.30. The highest BCUT2D eigenvalue weighted by Crippen LogP contribution is 2.36. The quantitative estimate of drug-likeness (QED) is 0.638. The number of methoxy groups -OCH3 is 1. The Balaban J connectivity index is 2.05. The molecule has 0 radical (unpaired) electrons. The lowest BCUT2D eigenvalue weighted by Crippen LogP contribution is -2.29. The highest BCUT2D eigenvalue weighted by molar-refractivity contribution is 5.97. The van der Waals surface area contributed by atoms with E-state index in [0.717, 1.165) is 24.3 Å². The van der Waals surface area contributed by atoms with Gasteiger partial charge in [-0.3, -0.25) is 9.59 Å². The van der Waals surface area contributed by atoms with E-state index < -0.39 is 0 Å². The number of rotatable bonds is 9. The normalized spacial score (nSPS) is 11.0. The molecule has 1 N–H and O–H groups in total. The molecule has 26 heavy (non-hydrogen) atoms. The van der Waals surface area contributed by atoms with E-state index >= 15 is 0 Å². The molecule has 0 atom stereocenters. The highest BCUT2D eigenvalue weighted by Gasteiger charge is 2.32. The molecule has 0 unspecified atom stereocenters. The number of nitrogens with one attached hydrogen (secondary N) is 1. The highest BCUT2D eigenvalue weighted by atomic mass is 16.5. The van der Waals surface area contributed by atoms with Crippen molar-refractivity contribution in [1.82, 2.24) is 0 Å². The first-order valence-corrected chi connectivity index (χ1v) is 9.04. The van der Waals surface area contributed by atoms with Gasteiger partial charge in [-0.15, -0.1) is 0 Å². The summed E-state index contributed by atoms with van der Waals surface area (Å²) in [4.78, 5) is 25.2. The molecular formula is C22H27NO3. The van der Waals surface area contributed by atoms with E-state index in [0.29, 0.717) is 18.4 Å². The zero-order valence-corrected chi connectivity index (χ0v) is 15.7. The van der Waals surface area contributed by atoms with Crippen LogP contribution < -0.4 is 10.1 Å². The Morgan fingerprint density at radius 3 is 2.08 bits per heavy atom. The number of ketones is 1. The van der Waals surface area contributed by atoms with Crippen LogP contribution in [0, 0.1) is 5.41 Å². The van der Waals surface area contributed by atoms with Gasteiger partial charge in [0, 0.05) is 24.1 Å². The number of carbonyl (C=O) groups is 2. The van der Waals surface area contributed by atoms with Crippen molar-refractivity contribution in [2.45, 2.75) is 39.5 Å². The topological polar surface area (TPSA) is 55.4 Å². The van der Waals surface area contributed by atoms with Gasteiger partial charge in [-0.2, -0.15) is 0 Å². The van der Waals surface area contributed by atoms with Crippen LogP contribution in [-0.4, -0.2) is 18.8 Å². The molecule has 0 aliphatic carbocycles.